The van der Waals surface area contributed by atoms with E-state index in [9.17, 15) is 4.79 Å². The minimum atomic E-state index is -0.644. The van der Waals surface area contributed by atoms with Crippen LogP contribution in [0.25, 0.3) is 0 Å². The van der Waals surface area contributed by atoms with Crippen molar-refractivity contribution in [2.24, 2.45) is 4.99 Å². The summed E-state index contributed by atoms with van der Waals surface area (Å²) in [6.45, 7) is 1.57. The number of carbonyl (C=O) groups excluding carboxylic acids is 1. The van der Waals surface area contributed by atoms with Crippen LogP contribution in [-0.2, 0) is 28.0 Å². The molecule has 0 aromatic heterocycles. The first-order chi connectivity index (χ1) is 4.20. The van der Waals surface area contributed by atoms with Gasteiger partial charge in [-0.2, -0.15) is 0 Å². The minimum Gasteiger partial charge on any atom is -0.484 e. The zero-order valence-electron chi connectivity index (χ0n) is 6.12. The Morgan fingerprint density at radius 1 is 1.30 bits per heavy atom. The normalized spacial score (nSPS) is 9.70. The number of carbonyl (C=O) groups is 1. The molecule has 0 aliphatic carbocycles. The summed E-state index contributed by atoms with van der Waals surface area (Å²) in [5.74, 6) is 0.293. The summed E-state index contributed by atoms with van der Waals surface area (Å²) in [5, 5.41) is 0. The van der Waals surface area contributed by atoms with Gasteiger partial charge in [0.2, 0.25) is 0 Å². The molecule has 0 saturated carbocycles. The van der Waals surface area contributed by atoms with E-state index in [-0.39, 0.29) is 18.6 Å². The van der Waals surface area contributed by atoms with Crippen molar-refractivity contribution in [3.63, 3.8) is 0 Å². The molecule has 0 fully saturated rings. The molecule has 0 aromatic carbocycles. The monoisotopic (exact) mass is 182 g/mol. The fourth-order valence-corrected chi connectivity index (χ4v) is 0.220. The van der Waals surface area contributed by atoms with Crippen LogP contribution in [0.4, 0.5) is 4.79 Å². The van der Waals surface area contributed by atoms with Crippen molar-refractivity contribution in [1.82, 2.24) is 0 Å². The average Bonchev–Trinajstić information content (AvgIpc) is 1.87. The topological polar surface area (TPSA) is 47.9 Å². The molecule has 1 radical (unpaired) electrons. The summed E-state index contributed by atoms with van der Waals surface area (Å²) >= 11 is 0. The first kappa shape index (κ1) is 12.2. The number of rotatable bonds is 0. The van der Waals surface area contributed by atoms with Crippen molar-refractivity contribution in [2.45, 2.75) is 6.92 Å². The van der Waals surface area contributed by atoms with Crippen molar-refractivity contribution in [1.29, 1.82) is 0 Å². The summed E-state index contributed by atoms with van der Waals surface area (Å²) in [7, 11) is 2.69. The second-order valence-electron chi connectivity index (χ2n) is 1.30. The summed E-state index contributed by atoms with van der Waals surface area (Å²) in [6.07, 6.45) is -0.644. The molecule has 57 valence electrons. The van der Waals surface area contributed by atoms with Crippen LogP contribution in [0.15, 0.2) is 4.99 Å². The second kappa shape index (κ2) is 6.64. The third kappa shape index (κ3) is 5.66. The van der Waals surface area contributed by atoms with Gasteiger partial charge in [-0.3, -0.25) is 0 Å². The van der Waals surface area contributed by atoms with Gasteiger partial charge in [-0.1, -0.05) is 0 Å². The molecule has 0 bridgehead atoms. The van der Waals surface area contributed by atoms with E-state index in [1.54, 1.807) is 6.92 Å². The van der Waals surface area contributed by atoms with Gasteiger partial charge >= 0.3 is 6.09 Å². The molecule has 0 aliphatic heterocycles. The predicted octanol–water partition coefficient (Wildman–Crippen LogP) is 0.815. The second-order valence-corrected chi connectivity index (χ2v) is 1.30. The molecular weight excluding hydrogens is 173 g/mol. The van der Waals surface area contributed by atoms with Gasteiger partial charge in [-0.05, 0) is 0 Å². The summed E-state index contributed by atoms with van der Waals surface area (Å²) in [4.78, 5) is 13.6. The molecule has 0 rings (SSSR count). The third-order valence-electron chi connectivity index (χ3n) is 0.719. The van der Waals surface area contributed by atoms with E-state index in [1.807, 2.05) is 0 Å². The predicted molar refractivity (Wildman–Crippen MR) is 32.5 cm³/mol. The molecule has 4 nitrogen and oxygen atoms in total. The maximum Gasteiger partial charge on any atom is 0.436 e. The summed E-state index contributed by atoms with van der Waals surface area (Å²) < 4.78 is 8.79. The number of amides is 1. The van der Waals surface area contributed by atoms with Crippen LogP contribution >= 0.6 is 0 Å². The first-order valence-corrected chi connectivity index (χ1v) is 2.38. The van der Waals surface area contributed by atoms with Gasteiger partial charge in [0.15, 0.2) is 5.90 Å². The van der Waals surface area contributed by atoms with Crippen LogP contribution < -0.4 is 0 Å². The van der Waals surface area contributed by atoms with Gasteiger partial charge in [0, 0.05) is 25.5 Å². The number of nitrogens with zero attached hydrogens (tertiary/aromatic N) is 1. The third-order valence-corrected chi connectivity index (χ3v) is 0.719. The van der Waals surface area contributed by atoms with Crippen LogP contribution in [0.5, 0.6) is 0 Å². The molecule has 0 aliphatic rings. The van der Waals surface area contributed by atoms with Gasteiger partial charge < -0.3 is 9.47 Å². The van der Waals surface area contributed by atoms with Gasteiger partial charge in [0.25, 0.3) is 0 Å². The molecule has 0 atom stereocenters. The average molecular weight is 182 g/mol. The zero-order chi connectivity index (χ0) is 7.28. The van der Waals surface area contributed by atoms with Gasteiger partial charge in [-0.15, -0.1) is 4.99 Å². The van der Waals surface area contributed by atoms with Gasteiger partial charge in [-0.25, -0.2) is 4.79 Å². The molecule has 0 saturated heterocycles. The first-order valence-electron chi connectivity index (χ1n) is 2.38. The van der Waals surface area contributed by atoms with E-state index in [4.69, 9.17) is 0 Å². The Hall–Kier alpha value is -0.476. The van der Waals surface area contributed by atoms with Crippen LogP contribution in [0.1, 0.15) is 6.92 Å². The van der Waals surface area contributed by atoms with Gasteiger partial charge in [0.05, 0.1) is 14.2 Å². The maximum absolute atomic E-state index is 10.3. The van der Waals surface area contributed by atoms with E-state index in [2.05, 4.69) is 14.5 Å². The van der Waals surface area contributed by atoms with Crippen molar-refractivity contribution < 1.29 is 32.8 Å². The van der Waals surface area contributed by atoms with E-state index in [1.165, 1.54) is 14.2 Å². The molecule has 0 N–H and O–H groups in total. The smallest absolute Gasteiger partial charge is 0.436 e. The van der Waals surface area contributed by atoms with Crippen molar-refractivity contribution in [3.05, 3.63) is 0 Å². The fourth-order valence-electron chi connectivity index (χ4n) is 0.220. The number of methoxy groups -OCH3 is 2. The maximum atomic E-state index is 10.3. The van der Waals surface area contributed by atoms with Crippen LogP contribution in [0.2, 0.25) is 0 Å². The van der Waals surface area contributed by atoms with E-state index in [0.717, 1.165) is 0 Å². The standard InChI is InChI=1S/C5H9NO3.V/c1-4(8-2)6-5(7)9-3;/h1-3H3;. The Labute approximate surface area is 71.5 Å². The Kier molecular flexibility index (Phi) is 8.12. The van der Waals surface area contributed by atoms with Crippen LogP contribution in [-0.4, -0.2) is 26.2 Å². The minimum absolute atomic E-state index is 0. The van der Waals surface area contributed by atoms with Crippen molar-refractivity contribution in [3.8, 4) is 0 Å². The van der Waals surface area contributed by atoms with E-state index < -0.39 is 6.09 Å². The molecule has 10 heavy (non-hydrogen) atoms. The molecule has 1 amide bonds. The largest absolute Gasteiger partial charge is 0.484 e. The number of hydrogen-bond donors (Lipinski definition) is 0. The Balaban J connectivity index is 0. The zero-order valence-corrected chi connectivity index (χ0v) is 7.52. The van der Waals surface area contributed by atoms with E-state index in [0.29, 0.717) is 5.90 Å². The van der Waals surface area contributed by atoms with Crippen LogP contribution in [0.3, 0.4) is 0 Å². The quantitative estimate of drug-likeness (QED) is 0.411. The Bertz CT molecular complexity index is 135. The molecule has 0 unspecified atom stereocenters. The Morgan fingerprint density at radius 2 is 1.80 bits per heavy atom. The summed E-state index contributed by atoms with van der Waals surface area (Å²) in [5.41, 5.74) is 0. The van der Waals surface area contributed by atoms with Crippen LogP contribution in [0, 0.1) is 0 Å². The number of hydrogen-bond acceptors (Lipinski definition) is 3. The molecule has 0 spiro atoms. The Morgan fingerprint density at radius 3 is 2.10 bits per heavy atom. The number of aliphatic imine (C=N–C) groups is 1. The van der Waals surface area contributed by atoms with Gasteiger partial charge in [0.1, 0.15) is 0 Å². The molecular formula is C5H9NO3V. The molecule has 0 aromatic rings. The molecule has 0 heterocycles. The van der Waals surface area contributed by atoms with E-state index >= 15 is 0 Å². The fraction of sp³-hybridized carbons (Fsp3) is 0.600. The van der Waals surface area contributed by atoms with Crippen molar-refractivity contribution >= 4 is 12.0 Å². The molecule has 5 heteroatoms. The SMILES string of the molecule is COC(=O)N=C(C)OC.[V]. The number of ether oxygens (including phenoxy) is 2. The van der Waals surface area contributed by atoms with Crippen molar-refractivity contribution in [2.75, 3.05) is 14.2 Å². The summed E-state index contributed by atoms with van der Waals surface area (Å²) in [6, 6.07) is 0.